The lowest BCUT2D eigenvalue weighted by Gasteiger charge is -2.06. The number of halogens is 1. The third kappa shape index (κ3) is 4.67. The maximum Gasteiger partial charge on any atom is 0.0408 e. The summed E-state index contributed by atoms with van der Waals surface area (Å²) in [5.74, 6) is 0. The van der Waals surface area contributed by atoms with E-state index in [1.165, 1.54) is 24.0 Å². The molecule has 0 aliphatic rings. The fourth-order valence-electron chi connectivity index (χ4n) is 1.68. The van der Waals surface area contributed by atoms with Crippen LogP contribution in [0.3, 0.4) is 0 Å². The molecule has 0 saturated heterocycles. The van der Waals surface area contributed by atoms with Crippen molar-refractivity contribution in [3.63, 3.8) is 0 Å². The minimum Gasteiger partial charge on any atom is -0.317 e. The zero-order valence-electron chi connectivity index (χ0n) is 9.65. The molecule has 84 valence electrons. The second-order valence-corrected chi connectivity index (χ2v) is 4.32. The van der Waals surface area contributed by atoms with Gasteiger partial charge in [0.05, 0.1) is 0 Å². The van der Waals surface area contributed by atoms with Crippen molar-refractivity contribution in [2.24, 2.45) is 0 Å². The Balaban J connectivity index is 2.31. The molecule has 0 aromatic heterocycles. The van der Waals surface area contributed by atoms with Crippen LogP contribution in [-0.4, -0.2) is 13.1 Å². The van der Waals surface area contributed by atoms with Gasteiger partial charge < -0.3 is 5.32 Å². The minimum absolute atomic E-state index is 0.837. The van der Waals surface area contributed by atoms with Crippen LogP contribution in [0.4, 0.5) is 0 Å². The van der Waals surface area contributed by atoms with Crippen LogP contribution in [0.15, 0.2) is 18.2 Å². The summed E-state index contributed by atoms with van der Waals surface area (Å²) in [6.07, 6.45) is 3.65. The third-order valence-corrected chi connectivity index (χ3v) is 2.84. The fourth-order valence-corrected chi connectivity index (χ4v) is 1.91. The largest absolute Gasteiger partial charge is 0.317 e. The molecule has 0 heterocycles. The summed E-state index contributed by atoms with van der Waals surface area (Å²) >= 11 is 5.91. The molecule has 0 spiro atoms. The van der Waals surface area contributed by atoms with Gasteiger partial charge in [0.1, 0.15) is 0 Å². The quantitative estimate of drug-likeness (QED) is 0.730. The topological polar surface area (TPSA) is 12.0 Å². The highest BCUT2D eigenvalue weighted by Gasteiger charge is 1.98. The van der Waals surface area contributed by atoms with E-state index < -0.39 is 0 Å². The van der Waals surface area contributed by atoms with Crippen LogP contribution in [0.2, 0.25) is 5.02 Å². The Labute approximate surface area is 97.8 Å². The Bertz CT molecular complexity index is 297. The normalized spacial score (nSPS) is 10.6. The molecule has 15 heavy (non-hydrogen) atoms. The van der Waals surface area contributed by atoms with Gasteiger partial charge in [0.15, 0.2) is 0 Å². The van der Waals surface area contributed by atoms with Gasteiger partial charge in [0, 0.05) is 5.02 Å². The summed E-state index contributed by atoms with van der Waals surface area (Å²) in [4.78, 5) is 0. The van der Waals surface area contributed by atoms with E-state index in [9.17, 15) is 0 Å². The van der Waals surface area contributed by atoms with Gasteiger partial charge in [-0.05, 0) is 62.5 Å². The van der Waals surface area contributed by atoms with E-state index in [0.29, 0.717) is 0 Å². The van der Waals surface area contributed by atoms with Crippen LogP contribution in [0.1, 0.15) is 30.9 Å². The van der Waals surface area contributed by atoms with Crippen molar-refractivity contribution in [3.8, 4) is 0 Å². The highest BCUT2D eigenvalue weighted by molar-refractivity contribution is 6.30. The van der Waals surface area contributed by atoms with Gasteiger partial charge in [-0.25, -0.2) is 0 Å². The van der Waals surface area contributed by atoms with Gasteiger partial charge >= 0.3 is 0 Å². The third-order valence-electron chi connectivity index (χ3n) is 2.60. The van der Waals surface area contributed by atoms with E-state index >= 15 is 0 Å². The molecule has 0 saturated carbocycles. The summed E-state index contributed by atoms with van der Waals surface area (Å²) in [5.41, 5.74) is 2.74. The predicted molar refractivity (Wildman–Crippen MR) is 67.7 cm³/mol. The van der Waals surface area contributed by atoms with Crippen molar-refractivity contribution in [2.45, 2.75) is 33.1 Å². The van der Waals surface area contributed by atoms with Crippen LogP contribution >= 0.6 is 11.6 Å². The fraction of sp³-hybridized carbons (Fsp3) is 0.538. The summed E-state index contributed by atoms with van der Waals surface area (Å²) in [5, 5.41) is 4.17. The molecule has 0 unspecified atom stereocenters. The molecule has 1 aromatic carbocycles. The van der Waals surface area contributed by atoms with Crippen molar-refractivity contribution < 1.29 is 0 Å². The second-order valence-electron chi connectivity index (χ2n) is 3.88. The minimum atomic E-state index is 0.837. The standard InChI is InChI=1S/C13H20ClN/c1-3-15-9-5-4-6-12-7-8-13(14)10-11(12)2/h7-8,10,15H,3-6,9H2,1-2H3. The monoisotopic (exact) mass is 225 g/mol. The Morgan fingerprint density at radius 3 is 2.73 bits per heavy atom. The van der Waals surface area contributed by atoms with Crippen molar-refractivity contribution >= 4 is 11.6 Å². The van der Waals surface area contributed by atoms with Crippen molar-refractivity contribution in [1.82, 2.24) is 5.32 Å². The first-order valence-corrected chi connectivity index (χ1v) is 6.07. The van der Waals surface area contributed by atoms with Crippen LogP contribution in [-0.2, 0) is 6.42 Å². The second kappa shape index (κ2) is 6.86. The van der Waals surface area contributed by atoms with E-state index in [1.807, 2.05) is 12.1 Å². The molecule has 1 rings (SSSR count). The smallest absolute Gasteiger partial charge is 0.0408 e. The lowest BCUT2D eigenvalue weighted by Crippen LogP contribution is -2.13. The van der Waals surface area contributed by atoms with Crippen molar-refractivity contribution in [3.05, 3.63) is 34.3 Å². The average Bonchev–Trinajstić information content (AvgIpc) is 2.20. The summed E-state index contributed by atoms with van der Waals surface area (Å²) in [6, 6.07) is 6.17. The average molecular weight is 226 g/mol. The van der Waals surface area contributed by atoms with Crippen LogP contribution in [0, 0.1) is 6.92 Å². The van der Waals surface area contributed by atoms with Crippen LogP contribution in [0.25, 0.3) is 0 Å². The maximum absolute atomic E-state index is 5.91. The molecule has 0 bridgehead atoms. The first-order chi connectivity index (χ1) is 7.24. The van der Waals surface area contributed by atoms with Gasteiger partial charge in [-0.15, -0.1) is 0 Å². The number of nitrogens with one attached hydrogen (secondary N) is 1. The molecule has 1 nitrogen and oxygen atoms in total. The number of unbranched alkanes of at least 4 members (excludes halogenated alkanes) is 1. The van der Waals surface area contributed by atoms with E-state index in [0.717, 1.165) is 24.5 Å². The lowest BCUT2D eigenvalue weighted by atomic mass is 10.0. The van der Waals surface area contributed by atoms with E-state index in [1.54, 1.807) is 0 Å². The van der Waals surface area contributed by atoms with Crippen LogP contribution in [0.5, 0.6) is 0 Å². The highest BCUT2D eigenvalue weighted by Crippen LogP contribution is 2.16. The molecule has 1 N–H and O–H groups in total. The Kier molecular flexibility index (Phi) is 5.74. The lowest BCUT2D eigenvalue weighted by molar-refractivity contribution is 0.640. The van der Waals surface area contributed by atoms with E-state index in [4.69, 9.17) is 11.6 Å². The highest BCUT2D eigenvalue weighted by atomic mass is 35.5. The molecule has 1 aromatic rings. The Hall–Kier alpha value is -0.530. The van der Waals surface area contributed by atoms with Crippen LogP contribution < -0.4 is 5.32 Å². The number of rotatable bonds is 6. The zero-order chi connectivity index (χ0) is 11.1. The van der Waals surface area contributed by atoms with E-state index in [2.05, 4.69) is 25.2 Å². The summed E-state index contributed by atoms with van der Waals surface area (Å²) in [7, 11) is 0. The van der Waals surface area contributed by atoms with E-state index in [-0.39, 0.29) is 0 Å². The summed E-state index contributed by atoms with van der Waals surface area (Å²) in [6.45, 7) is 6.47. The first kappa shape index (κ1) is 12.5. The molecule has 0 amide bonds. The van der Waals surface area contributed by atoms with Gasteiger partial charge in [0.25, 0.3) is 0 Å². The SMILES string of the molecule is CCNCCCCc1ccc(Cl)cc1C. The number of hydrogen-bond donors (Lipinski definition) is 1. The van der Waals surface area contributed by atoms with Gasteiger partial charge in [-0.3, -0.25) is 0 Å². The molecule has 0 atom stereocenters. The number of hydrogen-bond acceptors (Lipinski definition) is 1. The Morgan fingerprint density at radius 2 is 2.07 bits per heavy atom. The number of aryl methyl sites for hydroxylation is 2. The molecular weight excluding hydrogens is 206 g/mol. The molecule has 0 radical (unpaired) electrons. The van der Waals surface area contributed by atoms with Crippen molar-refractivity contribution in [1.29, 1.82) is 0 Å². The molecule has 0 fully saturated rings. The van der Waals surface area contributed by atoms with Crippen molar-refractivity contribution in [2.75, 3.05) is 13.1 Å². The van der Waals surface area contributed by atoms with Gasteiger partial charge in [-0.1, -0.05) is 24.6 Å². The zero-order valence-corrected chi connectivity index (χ0v) is 10.4. The molecule has 0 aliphatic heterocycles. The summed E-state index contributed by atoms with van der Waals surface area (Å²) < 4.78 is 0. The molecular formula is C13H20ClN. The number of benzene rings is 1. The first-order valence-electron chi connectivity index (χ1n) is 5.69. The maximum atomic E-state index is 5.91. The molecule has 2 heteroatoms. The predicted octanol–water partition coefficient (Wildman–Crippen LogP) is 3.58. The molecule has 0 aliphatic carbocycles. The van der Waals surface area contributed by atoms with Gasteiger partial charge in [-0.2, -0.15) is 0 Å². The van der Waals surface area contributed by atoms with Gasteiger partial charge in [0.2, 0.25) is 0 Å². The Morgan fingerprint density at radius 1 is 1.27 bits per heavy atom.